The molecule has 0 aliphatic carbocycles. The minimum absolute atomic E-state index is 0.0229. The Kier molecular flexibility index (Phi) is 7.23. The van der Waals surface area contributed by atoms with Crippen LogP contribution in [0.1, 0.15) is 58.3 Å². The van der Waals surface area contributed by atoms with Gasteiger partial charge < -0.3 is 15.5 Å². The molecule has 0 spiro atoms. The number of rotatable bonds is 8. The van der Waals surface area contributed by atoms with Crippen molar-refractivity contribution < 1.29 is 14.4 Å². The summed E-state index contributed by atoms with van der Waals surface area (Å²) in [6.45, 7) is 3.31. The van der Waals surface area contributed by atoms with E-state index in [4.69, 9.17) is 0 Å². The van der Waals surface area contributed by atoms with Crippen LogP contribution in [0.25, 0.3) is 0 Å². The monoisotopic (exact) mass is 348 g/mol. The molecule has 2 fully saturated rings. The van der Waals surface area contributed by atoms with E-state index in [0.29, 0.717) is 38.8 Å². The lowest BCUT2D eigenvalue weighted by Gasteiger charge is -2.25. The Morgan fingerprint density at radius 2 is 2.20 bits per heavy atom. The molecule has 138 valence electrons. The fourth-order valence-electron chi connectivity index (χ4n) is 3.57. The highest BCUT2D eigenvalue weighted by Crippen LogP contribution is 2.21. The zero-order chi connectivity index (χ0) is 18.2. The highest BCUT2D eigenvalue weighted by Gasteiger charge is 2.35. The topological polar surface area (TPSA) is 102 Å². The number of unbranched alkanes of at least 4 members (excludes halogenated alkanes) is 2. The van der Waals surface area contributed by atoms with E-state index in [1.165, 1.54) is 0 Å². The van der Waals surface area contributed by atoms with E-state index in [2.05, 4.69) is 23.6 Å². The molecule has 7 heteroatoms. The Morgan fingerprint density at radius 3 is 2.84 bits per heavy atom. The summed E-state index contributed by atoms with van der Waals surface area (Å²) in [7, 11) is 0. The molecule has 3 atom stereocenters. The molecule has 3 unspecified atom stereocenters. The molecule has 2 aliphatic rings. The average Bonchev–Trinajstić information content (AvgIpc) is 3.23. The number of nitriles is 1. The molecular weight excluding hydrogens is 320 g/mol. The first-order valence-electron chi connectivity index (χ1n) is 9.34. The second-order valence-corrected chi connectivity index (χ2v) is 6.90. The van der Waals surface area contributed by atoms with Gasteiger partial charge in [0.25, 0.3) is 0 Å². The van der Waals surface area contributed by atoms with E-state index >= 15 is 0 Å². The van der Waals surface area contributed by atoms with Gasteiger partial charge in [0, 0.05) is 25.4 Å². The largest absolute Gasteiger partial charge is 0.356 e. The molecule has 0 aromatic carbocycles. The van der Waals surface area contributed by atoms with Crippen molar-refractivity contribution in [1.82, 2.24) is 15.5 Å². The van der Waals surface area contributed by atoms with Crippen LogP contribution in [0.2, 0.25) is 0 Å². The predicted molar refractivity (Wildman–Crippen MR) is 92.2 cm³/mol. The van der Waals surface area contributed by atoms with Gasteiger partial charge in [-0.25, -0.2) is 0 Å². The summed E-state index contributed by atoms with van der Waals surface area (Å²) >= 11 is 0. The van der Waals surface area contributed by atoms with Crippen LogP contribution in [0.3, 0.4) is 0 Å². The Labute approximate surface area is 149 Å². The Hall–Kier alpha value is -2.10. The van der Waals surface area contributed by atoms with Gasteiger partial charge in [-0.2, -0.15) is 5.26 Å². The quantitative estimate of drug-likeness (QED) is 0.641. The zero-order valence-corrected chi connectivity index (χ0v) is 14.9. The molecule has 2 saturated heterocycles. The molecule has 2 heterocycles. The summed E-state index contributed by atoms with van der Waals surface area (Å²) in [4.78, 5) is 38.2. The van der Waals surface area contributed by atoms with Gasteiger partial charge in [-0.15, -0.1) is 0 Å². The number of carbonyl (C=O) groups is 3. The maximum Gasteiger partial charge on any atom is 0.243 e. The predicted octanol–water partition coefficient (Wildman–Crippen LogP) is 1.09. The van der Waals surface area contributed by atoms with Crippen molar-refractivity contribution >= 4 is 17.7 Å². The molecule has 25 heavy (non-hydrogen) atoms. The molecule has 0 aromatic rings. The van der Waals surface area contributed by atoms with E-state index in [1.54, 1.807) is 4.90 Å². The number of nitrogens with zero attached hydrogens (tertiary/aromatic N) is 2. The third-order valence-corrected chi connectivity index (χ3v) is 5.03. The first kappa shape index (κ1) is 19.2. The van der Waals surface area contributed by atoms with Gasteiger partial charge >= 0.3 is 0 Å². The number of nitrogens with one attached hydrogen (secondary N) is 2. The zero-order valence-electron chi connectivity index (χ0n) is 14.9. The van der Waals surface area contributed by atoms with E-state index < -0.39 is 12.1 Å². The van der Waals surface area contributed by atoms with Crippen LogP contribution in [0.5, 0.6) is 0 Å². The van der Waals surface area contributed by atoms with Crippen LogP contribution in [0, 0.1) is 17.2 Å². The number of amides is 3. The van der Waals surface area contributed by atoms with Gasteiger partial charge in [-0.05, 0) is 32.1 Å². The second kappa shape index (κ2) is 9.40. The van der Waals surface area contributed by atoms with Crippen molar-refractivity contribution in [1.29, 1.82) is 5.26 Å². The van der Waals surface area contributed by atoms with Crippen LogP contribution >= 0.6 is 0 Å². The van der Waals surface area contributed by atoms with E-state index in [0.717, 1.165) is 25.7 Å². The summed E-state index contributed by atoms with van der Waals surface area (Å²) in [5.74, 6) is -0.524. The molecule has 2 aliphatic heterocycles. The maximum atomic E-state index is 12.6. The van der Waals surface area contributed by atoms with Gasteiger partial charge in [0.05, 0.1) is 6.07 Å². The van der Waals surface area contributed by atoms with Gasteiger partial charge in [-0.3, -0.25) is 14.4 Å². The molecule has 0 radical (unpaired) electrons. The first-order chi connectivity index (χ1) is 12.1. The Bertz CT molecular complexity index is 543. The van der Waals surface area contributed by atoms with Crippen LogP contribution in [0.4, 0.5) is 0 Å². The highest BCUT2D eigenvalue weighted by molar-refractivity contribution is 5.88. The summed E-state index contributed by atoms with van der Waals surface area (Å²) in [5.41, 5.74) is 0. The third-order valence-electron chi connectivity index (χ3n) is 5.03. The summed E-state index contributed by atoms with van der Waals surface area (Å²) in [6, 6.07) is 0.895. The van der Waals surface area contributed by atoms with Crippen molar-refractivity contribution in [3.8, 4) is 6.07 Å². The fourth-order valence-corrected chi connectivity index (χ4v) is 3.57. The Balaban J connectivity index is 1.88. The molecule has 0 aromatic heterocycles. The minimum Gasteiger partial charge on any atom is -0.356 e. The van der Waals surface area contributed by atoms with E-state index in [1.807, 2.05) is 0 Å². The minimum atomic E-state index is -0.695. The van der Waals surface area contributed by atoms with Gasteiger partial charge in [0.15, 0.2) is 0 Å². The molecule has 2 N–H and O–H groups in total. The summed E-state index contributed by atoms with van der Waals surface area (Å²) in [6.07, 6.45) is 5.84. The lowest BCUT2D eigenvalue weighted by Crippen LogP contribution is -2.49. The number of carbonyl (C=O) groups excluding carboxylic acids is 3. The fraction of sp³-hybridized carbons (Fsp3) is 0.778. The maximum absolute atomic E-state index is 12.6. The second-order valence-electron chi connectivity index (χ2n) is 6.90. The van der Waals surface area contributed by atoms with Crippen LogP contribution in [-0.4, -0.2) is 47.8 Å². The van der Waals surface area contributed by atoms with E-state index in [-0.39, 0.29) is 23.6 Å². The van der Waals surface area contributed by atoms with Gasteiger partial charge in [0.2, 0.25) is 17.7 Å². The standard InChI is InChI=1S/C18H28N4O3/c1-2-3-4-7-16(23)22-10-5-6-15(22)18(25)21-14(12-19)11-13-8-9-20-17(13)24/h13-15H,2-11H2,1H3,(H,20,24)(H,21,25). The highest BCUT2D eigenvalue weighted by atomic mass is 16.2. The van der Waals surface area contributed by atoms with Crippen molar-refractivity contribution in [2.75, 3.05) is 13.1 Å². The molecule has 0 bridgehead atoms. The van der Waals surface area contributed by atoms with Crippen molar-refractivity contribution in [3.63, 3.8) is 0 Å². The normalized spacial score (nSPS) is 23.8. The lowest BCUT2D eigenvalue weighted by molar-refractivity contribution is -0.138. The van der Waals surface area contributed by atoms with Gasteiger partial charge in [-0.1, -0.05) is 19.8 Å². The van der Waals surface area contributed by atoms with Crippen molar-refractivity contribution in [2.45, 2.75) is 70.4 Å². The van der Waals surface area contributed by atoms with Crippen LogP contribution < -0.4 is 10.6 Å². The smallest absolute Gasteiger partial charge is 0.243 e. The number of hydrogen-bond donors (Lipinski definition) is 2. The molecule has 7 nitrogen and oxygen atoms in total. The lowest BCUT2D eigenvalue weighted by atomic mass is 9.99. The third kappa shape index (κ3) is 5.18. The number of hydrogen-bond acceptors (Lipinski definition) is 4. The number of likely N-dealkylation sites (tertiary alicyclic amines) is 1. The molecule has 0 saturated carbocycles. The van der Waals surface area contributed by atoms with Gasteiger partial charge in [0.1, 0.15) is 12.1 Å². The molecule has 2 rings (SSSR count). The molecule has 3 amide bonds. The average molecular weight is 348 g/mol. The van der Waals surface area contributed by atoms with Crippen molar-refractivity contribution in [3.05, 3.63) is 0 Å². The summed E-state index contributed by atoms with van der Waals surface area (Å²) in [5, 5.41) is 14.8. The molecular formula is C18H28N4O3. The van der Waals surface area contributed by atoms with Crippen molar-refractivity contribution in [2.24, 2.45) is 5.92 Å². The summed E-state index contributed by atoms with van der Waals surface area (Å²) < 4.78 is 0. The first-order valence-corrected chi connectivity index (χ1v) is 9.34. The van der Waals surface area contributed by atoms with E-state index in [9.17, 15) is 19.6 Å². The SMILES string of the molecule is CCCCCC(=O)N1CCCC1C(=O)NC(C#N)CC1CCNC1=O. The van der Waals surface area contributed by atoms with Crippen LogP contribution in [-0.2, 0) is 14.4 Å². The van der Waals surface area contributed by atoms with Crippen LogP contribution in [0.15, 0.2) is 0 Å². The Morgan fingerprint density at radius 1 is 1.40 bits per heavy atom.